The average Bonchev–Trinajstić information content (AvgIpc) is 2.87. The molecule has 0 aliphatic rings. The molecule has 0 saturated carbocycles. The molecule has 3 N–H and O–H groups in total. The van der Waals surface area contributed by atoms with Gasteiger partial charge in [0.1, 0.15) is 6.04 Å². The van der Waals surface area contributed by atoms with Crippen LogP contribution in [0.4, 0.5) is 0 Å². The zero-order chi connectivity index (χ0) is 16.0. The maximum absolute atomic E-state index is 11.7. The first kappa shape index (κ1) is 17.2. The van der Waals surface area contributed by atoms with Crippen molar-refractivity contribution in [1.29, 1.82) is 0 Å². The van der Waals surface area contributed by atoms with Gasteiger partial charge in [0.15, 0.2) is 0 Å². The molecule has 0 aliphatic carbocycles. The first-order valence-electron chi connectivity index (χ1n) is 6.54. The molecule has 1 unspecified atom stereocenters. The predicted octanol–water partition coefficient (Wildman–Crippen LogP) is 1.48. The van der Waals surface area contributed by atoms with Crippen LogP contribution in [0.3, 0.4) is 0 Å². The Hall–Kier alpha value is -1.89. The van der Waals surface area contributed by atoms with Crippen LogP contribution in [0.1, 0.15) is 37.6 Å². The van der Waals surface area contributed by atoms with E-state index in [0.29, 0.717) is 5.56 Å². The van der Waals surface area contributed by atoms with Crippen molar-refractivity contribution in [3.8, 4) is 0 Å². The number of carboxylic acid groups (broad SMARTS) is 1. The van der Waals surface area contributed by atoms with Gasteiger partial charge in [0, 0.05) is 23.9 Å². The van der Waals surface area contributed by atoms with Crippen LogP contribution < -0.4 is 10.6 Å². The van der Waals surface area contributed by atoms with E-state index in [1.54, 1.807) is 37.6 Å². The molecule has 0 aromatic carbocycles. The average molecular weight is 312 g/mol. The molecule has 1 aromatic heterocycles. The molecule has 0 bridgehead atoms. The van der Waals surface area contributed by atoms with Crippen LogP contribution in [-0.2, 0) is 9.59 Å². The van der Waals surface area contributed by atoms with Gasteiger partial charge in [-0.2, -0.15) is 11.3 Å². The Bertz CT molecular complexity index is 506. The third-order valence-corrected chi connectivity index (χ3v) is 3.52. The van der Waals surface area contributed by atoms with Crippen LogP contribution in [0.25, 0.3) is 0 Å². The van der Waals surface area contributed by atoms with E-state index < -0.39 is 23.3 Å². The summed E-state index contributed by atoms with van der Waals surface area (Å²) in [6.45, 7) is 5.39. The summed E-state index contributed by atoms with van der Waals surface area (Å²) in [5.41, 5.74) is -0.0277. The first-order valence-corrected chi connectivity index (χ1v) is 7.48. The Kier molecular flexibility index (Phi) is 5.90. The molecular formula is C14H20N2O4S. The lowest BCUT2D eigenvalue weighted by Crippen LogP contribution is -2.49. The third kappa shape index (κ3) is 5.55. The lowest BCUT2D eigenvalue weighted by molar-refractivity contribution is -0.144. The molecule has 21 heavy (non-hydrogen) atoms. The Morgan fingerprint density at radius 1 is 1.33 bits per heavy atom. The minimum atomic E-state index is -1.07. The summed E-state index contributed by atoms with van der Waals surface area (Å²) < 4.78 is 0. The quantitative estimate of drug-likeness (QED) is 0.741. The minimum Gasteiger partial charge on any atom is -0.480 e. The number of aliphatic carboxylic acids is 1. The van der Waals surface area contributed by atoms with E-state index in [1.165, 1.54) is 11.3 Å². The zero-order valence-electron chi connectivity index (χ0n) is 12.3. The molecule has 1 atom stereocenters. The highest BCUT2D eigenvalue weighted by atomic mass is 32.1. The maximum atomic E-state index is 11.7. The second kappa shape index (κ2) is 7.21. The highest BCUT2D eigenvalue weighted by Crippen LogP contribution is 2.19. The largest absolute Gasteiger partial charge is 0.480 e. The second-order valence-corrected chi connectivity index (χ2v) is 6.50. The number of carbonyl (C=O) groups is 3. The number of hydrogen-bond acceptors (Lipinski definition) is 4. The molecule has 6 nitrogen and oxygen atoms in total. The van der Waals surface area contributed by atoms with E-state index in [2.05, 4.69) is 10.6 Å². The van der Waals surface area contributed by atoms with Crippen molar-refractivity contribution >= 4 is 29.1 Å². The van der Waals surface area contributed by atoms with Crippen molar-refractivity contribution in [3.05, 3.63) is 22.4 Å². The normalized spacial score (nSPS) is 12.5. The van der Waals surface area contributed by atoms with Crippen LogP contribution >= 0.6 is 11.3 Å². The maximum Gasteiger partial charge on any atom is 0.326 e. The van der Waals surface area contributed by atoms with E-state index in [4.69, 9.17) is 5.11 Å². The number of carboxylic acids is 1. The second-order valence-electron chi connectivity index (χ2n) is 5.72. The molecule has 1 heterocycles. The van der Waals surface area contributed by atoms with Crippen molar-refractivity contribution in [1.82, 2.24) is 10.6 Å². The predicted molar refractivity (Wildman–Crippen MR) is 80.3 cm³/mol. The topological polar surface area (TPSA) is 95.5 Å². The molecule has 2 amide bonds. The van der Waals surface area contributed by atoms with E-state index in [0.717, 1.165) is 0 Å². The molecule has 0 saturated heterocycles. The highest BCUT2D eigenvalue weighted by molar-refractivity contribution is 7.08. The van der Waals surface area contributed by atoms with E-state index in [9.17, 15) is 14.4 Å². The van der Waals surface area contributed by atoms with Crippen molar-refractivity contribution in [2.75, 3.05) is 6.54 Å². The van der Waals surface area contributed by atoms with Crippen LogP contribution in [-0.4, -0.2) is 35.5 Å². The van der Waals surface area contributed by atoms with Crippen molar-refractivity contribution in [3.63, 3.8) is 0 Å². The monoisotopic (exact) mass is 312 g/mol. The van der Waals surface area contributed by atoms with Crippen LogP contribution in [0, 0.1) is 5.41 Å². The summed E-state index contributed by atoms with van der Waals surface area (Å²) >= 11 is 1.42. The first-order chi connectivity index (χ1) is 9.71. The van der Waals surface area contributed by atoms with Gasteiger partial charge in [0.2, 0.25) is 5.91 Å². The number of rotatable bonds is 6. The number of hydrogen-bond donors (Lipinski definition) is 3. The fourth-order valence-electron chi connectivity index (χ4n) is 1.67. The number of carbonyl (C=O) groups excluding carboxylic acids is 2. The van der Waals surface area contributed by atoms with Crippen LogP contribution in [0.15, 0.2) is 16.8 Å². The summed E-state index contributed by atoms with van der Waals surface area (Å²) in [6.07, 6.45) is 0.0374. The van der Waals surface area contributed by atoms with Gasteiger partial charge in [0.25, 0.3) is 5.91 Å². The molecule has 0 radical (unpaired) electrons. The van der Waals surface area contributed by atoms with Gasteiger partial charge in [-0.25, -0.2) is 4.79 Å². The minimum absolute atomic E-state index is 0.0374. The van der Waals surface area contributed by atoms with Crippen LogP contribution in [0.5, 0.6) is 0 Å². The molecule has 7 heteroatoms. The summed E-state index contributed by atoms with van der Waals surface area (Å²) in [5.74, 6) is -1.71. The van der Waals surface area contributed by atoms with Crippen molar-refractivity contribution < 1.29 is 19.5 Å². The van der Waals surface area contributed by atoms with Crippen molar-refractivity contribution in [2.45, 2.75) is 33.2 Å². The smallest absolute Gasteiger partial charge is 0.326 e. The lowest BCUT2D eigenvalue weighted by atomic mass is 9.86. The molecule has 1 rings (SSSR count). The van der Waals surface area contributed by atoms with Gasteiger partial charge in [0.05, 0.1) is 0 Å². The fraction of sp³-hybridized carbons (Fsp3) is 0.500. The van der Waals surface area contributed by atoms with Gasteiger partial charge in [-0.1, -0.05) is 20.8 Å². The molecule has 1 aromatic rings. The summed E-state index contributed by atoms with van der Waals surface area (Å²) in [6, 6.07) is 0.734. The zero-order valence-corrected chi connectivity index (χ0v) is 13.1. The summed E-state index contributed by atoms with van der Waals surface area (Å²) in [7, 11) is 0. The molecular weight excluding hydrogens is 292 g/mol. The van der Waals surface area contributed by atoms with E-state index >= 15 is 0 Å². The molecule has 0 fully saturated rings. The van der Waals surface area contributed by atoms with Gasteiger partial charge >= 0.3 is 5.97 Å². The highest BCUT2D eigenvalue weighted by Gasteiger charge is 2.32. The molecule has 0 spiro atoms. The number of thiophene rings is 1. The Morgan fingerprint density at radius 2 is 2.00 bits per heavy atom. The van der Waals surface area contributed by atoms with Gasteiger partial charge < -0.3 is 15.7 Å². The summed E-state index contributed by atoms with van der Waals surface area (Å²) in [4.78, 5) is 34.5. The Balaban J connectivity index is 2.40. The van der Waals surface area contributed by atoms with E-state index in [1.807, 2.05) is 0 Å². The Labute approximate surface area is 127 Å². The molecule has 0 aliphatic heterocycles. The third-order valence-electron chi connectivity index (χ3n) is 2.84. The SMILES string of the molecule is CC(C)(C)C(NC(=O)CCNC(=O)c1ccsc1)C(=O)O. The number of amides is 2. The summed E-state index contributed by atoms with van der Waals surface area (Å²) in [5, 5.41) is 17.7. The lowest BCUT2D eigenvalue weighted by Gasteiger charge is -2.27. The van der Waals surface area contributed by atoms with Gasteiger partial charge in [-0.15, -0.1) is 0 Å². The van der Waals surface area contributed by atoms with Crippen molar-refractivity contribution in [2.24, 2.45) is 5.41 Å². The number of nitrogens with one attached hydrogen (secondary N) is 2. The van der Waals surface area contributed by atoms with Gasteiger partial charge in [-0.05, 0) is 16.9 Å². The fourth-order valence-corrected chi connectivity index (χ4v) is 2.30. The van der Waals surface area contributed by atoms with Crippen LogP contribution in [0.2, 0.25) is 0 Å². The van der Waals surface area contributed by atoms with E-state index in [-0.39, 0.29) is 18.9 Å². The Morgan fingerprint density at radius 3 is 2.48 bits per heavy atom. The van der Waals surface area contributed by atoms with Gasteiger partial charge in [-0.3, -0.25) is 9.59 Å². The standard InChI is InChI=1S/C14H20N2O4S/c1-14(2,3)11(13(19)20)16-10(17)4-6-15-12(18)9-5-7-21-8-9/h5,7-8,11H,4,6H2,1-3H3,(H,15,18)(H,16,17)(H,19,20). The molecule has 116 valence electrons.